The van der Waals surface area contributed by atoms with Gasteiger partial charge in [0.25, 0.3) is 0 Å². The van der Waals surface area contributed by atoms with Gasteiger partial charge in [-0.25, -0.2) is 4.98 Å². The maximum atomic E-state index is 12.6. The molecule has 4 rings (SSSR count). The number of hydrogen-bond donors (Lipinski definition) is 1. The number of fused-ring (bicyclic) bond motifs is 1. The normalized spacial score (nSPS) is 12.5. The van der Waals surface area contributed by atoms with E-state index < -0.39 is 0 Å². The minimum atomic E-state index is -0.202. The SMILES string of the molecule is Cc1ccc(-c2ccc(C#N)c(SCC(=O)Nc3sc4c(c3C#N)CCCC4)n2)cc1. The lowest BCUT2D eigenvalue weighted by molar-refractivity contribution is -0.113. The van der Waals surface area contributed by atoms with Gasteiger partial charge in [0.05, 0.1) is 22.6 Å². The Morgan fingerprint density at radius 1 is 1.13 bits per heavy atom. The van der Waals surface area contributed by atoms with E-state index in [4.69, 9.17) is 0 Å². The molecule has 1 aliphatic rings. The maximum absolute atomic E-state index is 12.6. The zero-order chi connectivity index (χ0) is 21.8. The van der Waals surface area contributed by atoms with Crippen LogP contribution in [0.3, 0.4) is 0 Å². The summed E-state index contributed by atoms with van der Waals surface area (Å²) in [6.07, 6.45) is 4.09. The molecule has 0 saturated carbocycles. The van der Waals surface area contributed by atoms with Gasteiger partial charge in [0, 0.05) is 10.4 Å². The molecule has 0 atom stereocenters. The highest BCUT2D eigenvalue weighted by Crippen LogP contribution is 2.37. The van der Waals surface area contributed by atoms with Crippen molar-refractivity contribution in [1.29, 1.82) is 10.5 Å². The van der Waals surface area contributed by atoms with Crippen LogP contribution in [0.2, 0.25) is 0 Å². The van der Waals surface area contributed by atoms with Crippen LogP contribution < -0.4 is 5.32 Å². The number of pyridine rings is 1. The van der Waals surface area contributed by atoms with E-state index in [9.17, 15) is 15.3 Å². The largest absolute Gasteiger partial charge is 0.316 e. The Morgan fingerprint density at radius 2 is 1.90 bits per heavy atom. The number of carbonyl (C=O) groups is 1. The van der Waals surface area contributed by atoms with Crippen molar-refractivity contribution in [3.8, 4) is 23.4 Å². The lowest BCUT2D eigenvalue weighted by atomic mass is 9.96. The molecule has 7 heteroatoms. The third-order valence-corrected chi connectivity index (χ3v) is 7.40. The van der Waals surface area contributed by atoms with Gasteiger partial charge in [0.1, 0.15) is 22.2 Å². The summed E-state index contributed by atoms with van der Waals surface area (Å²) in [5.41, 5.74) is 5.04. The second kappa shape index (κ2) is 9.34. The van der Waals surface area contributed by atoms with Crippen molar-refractivity contribution in [1.82, 2.24) is 4.98 Å². The Labute approximate surface area is 189 Å². The van der Waals surface area contributed by atoms with Gasteiger partial charge < -0.3 is 5.32 Å². The van der Waals surface area contributed by atoms with E-state index in [-0.39, 0.29) is 11.7 Å². The van der Waals surface area contributed by atoms with E-state index >= 15 is 0 Å². The first-order chi connectivity index (χ1) is 15.1. The van der Waals surface area contributed by atoms with E-state index in [2.05, 4.69) is 22.4 Å². The fourth-order valence-corrected chi connectivity index (χ4v) is 5.62. The van der Waals surface area contributed by atoms with Crippen molar-refractivity contribution in [2.24, 2.45) is 0 Å². The van der Waals surface area contributed by atoms with E-state index in [0.29, 0.717) is 21.2 Å². The molecule has 3 aromatic rings. The number of aromatic nitrogens is 1. The van der Waals surface area contributed by atoms with Gasteiger partial charge in [-0.2, -0.15) is 10.5 Å². The number of aryl methyl sites for hydroxylation is 2. The second-order valence-electron chi connectivity index (χ2n) is 7.39. The summed E-state index contributed by atoms with van der Waals surface area (Å²) in [5.74, 6) is -0.0848. The number of carbonyl (C=O) groups excluding carboxylic acids is 1. The molecule has 5 nitrogen and oxygen atoms in total. The number of hydrogen-bond acceptors (Lipinski definition) is 6. The second-order valence-corrected chi connectivity index (χ2v) is 9.46. The standard InChI is InChI=1S/C24H20N4OS2/c1-15-6-8-16(9-7-15)20-11-10-17(12-25)23(27-20)30-14-22(29)28-24-19(13-26)18-4-2-3-5-21(18)31-24/h6-11H,2-5,14H2,1H3,(H,28,29). The van der Waals surface area contributed by atoms with Crippen LogP contribution in [0, 0.1) is 29.6 Å². The molecule has 154 valence electrons. The molecule has 0 bridgehead atoms. The number of amides is 1. The molecule has 0 saturated heterocycles. The topological polar surface area (TPSA) is 89.6 Å². The van der Waals surface area contributed by atoms with Gasteiger partial charge in [0.2, 0.25) is 5.91 Å². The van der Waals surface area contributed by atoms with Crippen molar-refractivity contribution >= 4 is 34.0 Å². The fraction of sp³-hybridized carbons (Fsp3) is 0.250. The highest BCUT2D eigenvalue weighted by atomic mass is 32.2. The molecule has 0 aliphatic heterocycles. The van der Waals surface area contributed by atoms with Gasteiger partial charge in [0.15, 0.2) is 0 Å². The number of nitrogens with one attached hydrogen (secondary N) is 1. The third-order valence-electron chi connectivity index (χ3n) is 5.20. The summed E-state index contributed by atoms with van der Waals surface area (Å²) in [7, 11) is 0. The Morgan fingerprint density at radius 3 is 2.65 bits per heavy atom. The first-order valence-corrected chi connectivity index (χ1v) is 11.8. The highest BCUT2D eigenvalue weighted by Gasteiger charge is 2.22. The van der Waals surface area contributed by atoms with Crippen molar-refractivity contribution in [2.45, 2.75) is 37.6 Å². The Kier molecular flexibility index (Phi) is 6.36. The molecule has 2 heterocycles. The van der Waals surface area contributed by atoms with Gasteiger partial charge in [-0.1, -0.05) is 41.6 Å². The quantitative estimate of drug-likeness (QED) is 0.527. The van der Waals surface area contributed by atoms with Crippen LogP contribution in [0.15, 0.2) is 41.4 Å². The number of rotatable bonds is 5. The molecule has 0 fully saturated rings. The maximum Gasteiger partial charge on any atom is 0.235 e. The van der Waals surface area contributed by atoms with Gasteiger partial charge in [-0.15, -0.1) is 11.3 Å². The van der Waals surface area contributed by atoms with E-state index in [1.54, 1.807) is 6.07 Å². The van der Waals surface area contributed by atoms with Crippen LogP contribution in [-0.2, 0) is 17.6 Å². The Balaban J connectivity index is 1.49. The first-order valence-electron chi connectivity index (χ1n) is 10.0. The van der Waals surface area contributed by atoms with Crippen LogP contribution in [0.5, 0.6) is 0 Å². The molecular formula is C24H20N4OS2. The Bertz CT molecular complexity index is 1220. The predicted molar refractivity (Wildman–Crippen MR) is 124 cm³/mol. The number of anilines is 1. The third kappa shape index (κ3) is 4.64. The van der Waals surface area contributed by atoms with Crippen molar-refractivity contribution < 1.29 is 4.79 Å². The summed E-state index contributed by atoms with van der Waals surface area (Å²) < 4.78 is 0. The monoisotopic (exact) mass is 444 g/mol. The van der Waals surface area contributed by atoms with Crippen LogP contribution in [0.1, 0.15) is 40.0 Å². The number of thioether (sulfide) groups is 1. The first kappa shape index (κ1) is 21.1. The molecular weight excluding hydrogens is 424 g/mol. The molecule has 31 heavy (non-hydrogen) atoms. The van der Waals surface area contributed by atoms with Crippen molar-refractivity contribution in [3.63, 3.8) is 0 Å². The summed E-state index contributed by atoms with van der Waals surface area (Å²) in [6.45, 7) is 2.03. The van der Waals surface area contributed by atoms with Gasteiger partial charge in [-0.3, -0.25) is 4.79 Å². The number of thiophene rings is 1. The summed E-state index contributed by atoms with van der Waals surface area (Å²) in [5, 5.41) is 23.1. The minimum absolute atomic E-state index is 0.118. The van der Waals surface area contributed by atoms with E-state index in [0.717, 1.165) is 48.1 Å². The zero-order valence-electron chi connectivity index (χ0n) is 17.1. The van der Waals surface area contributed by atoms with Crippen molar-refractivity contribution in [2.75, 3.05) is 11.1 Å². The lowest BCUT2D eigenvalue weighted by Gasteiger charge is -2.09. The number of benzene rings is 1. The average molecular weight is 445 g/mol. The van der Waals surface area contributed by atoms with Crippen LogP contribution in [-0.4, -0.2) is 16.6 Å². The lowest BCUT2D eigenvalue weighted by Crippen LogP contribution is -2.14. The van der Waals surface area contributed by atoms with Crippen LogP contribution >= 0.6 is 23.1 Å². The average Bonchev–Trinajstić information content (AvgIpc) is 3.14. The smallest absolute Gasteiger partial charge is 0.235 e. The molecule has 2 aromatic heterocycles. The molecule has 0 unspecified atom stereocenters. The number of nitriles is 2. The van der Waals surface area contributed by atoms with Crippen molar-refractivity contribution in [3.05, 3.63) is 63.5 Å². The molecule has 1 aliphatic carbocycles. The molecule has 1 amide bonds. The molecule has 0 radical (unpaired) electrons. The molecule has 0 spiro atoms. The fourth-order valence-electron chi connectivity index (χ4n) is 3.59. The van der Waals surface area contributed by atoms with E-state index in [1.807, 2.05) is 37.3 Å². The molecule has 1 N–H and O–H groups in total. The van der Waals surface area contributed by atoms with Gasteiger partial charge in [-0.05, 0) is 50.3 Å². The number of nitrogens with zero attached hydrogens (tertiary/aromatic N) is 3. The Hall–Kier alpha value is -3.13. The summed E-state index contributed by atoms with van der Waals surface area (Å²) in [6, 6.07) is 16.0. The van der Waals surface area contributed by atoms with Crippen LogP contribution in [0.4, 0.5) is 5.00 Å². The van der Waals surface area contributed by atoms with E-state index in [1.165, 1.54) is 28.0 Å². The molecule has 1 aromatic carbocycles. The summed E-state index contributed by atoms with van der Waals surface area (Å²) in [4.78, 5) is 18.4. The highest BCUT2D eigenvalue weighted by molar-refractivity contribution is 8.00. The zero-order valence-corrected chi connectivity index (χ0v) is 18.7. The summed E-state index contributed by atoms with van der Waals surface area (Å²) >= 11 is 2.75. The minimum Gasteiger partial charge on any atom is -0.316 e. The predicted octanol–water partition coefficient (Wildman–Crippen LogP) is 5.47. The van der Waals surface area contributed by atoms with Crippen LogP contribution in [0.25, 0.3) is 11.3 Å². The van der Waals surface area contributed by atoms with Gasteiger partial charge >= 0.3 is 0 Å².